The number of carbonyl (C=O) groups is 3. The van der Waals surface area contributed by atoms with E-state index >= 15 is 0 Å². The average Bonchev–Trinajstić information content (AvgIpc) is 2.86. The highest BCUT2D eigenvalue weighted by Gasteiger charge is 2.63. The van der Waals surface area contributed by atoms with Crippen molar-refractivity contribution >= 4 is 42.9 Å². The molecular formula is C29H29BN2O7. The quantitative estimate of drug-likeness (QED) is 0.218. The van der Waals surface area contributed by atoms with Gasteiger partial charge in [0, 0.05) is 11.5 Å². The molecule has 0 aromatic heterocycles. The number of fused-ring (bicyclic) bond motifs is 3. The van der Waals surface area contributed by atoms with Crippen LogP contribution in [0.25, 0.3) is 12.2 Å². The Bertz CT molecular complexity index is 1520. The Hall–Kier alpha value is -4.15. The first-order chi connectivity index (χ1) is 18.4. The number of hydrogen-bond donors (Lipinski definition) is 5. The number of phenolic OH excluding ortho intramolecular Hbond substituents is 1. The minimum atomic E-state index is -2.65. The predicted octanol–water partition coefficient (Wildman–Crippen LogP) is 0.549. The Balaban J connectivity index is 1.65. The van der Waals surface area contributed by atoms with Gasteiger partial charge >= 0.3 is 0 Å². The van der Waals surface area contributed by atoms with Gasteiger partial charge in [-0.1, -0.05) is 47.9 Å². The molecule has 2 aromatic carbocycles. The fraction of sp³-hybridized carbons (Fsp3) is 0.276. The lowest BCUT2D eigenvalue weighted by atomic mass is 9.58. The summed E-state index contributed by atoms with van der Waals surface area (Å²) >= 11 is 0. The Labute approximate surface area is 226 Å². The second-order valence-corrected chi connectivity index (χ2v) is 10.7. The van der Waals surface area contributed by atoms with E-state index in [0.717, 1.165) is 11.0 Å². The lowest BCUT2D eigenvalue weighted by Gasteiger charge is -2.50. The zero-order chi connectivity index (χ0) is 28.4. The molecule has 1 unspecified atom stereocenters. The molecule has 200 valence electrons. The Morgan fingerprint density at radius 3 is 2.36 bits per heavy atom. The lowest BCUT2D eigenvalue weighted by Crippen LogP contribution is -2.63. The second-order valence-electron chi connectivity index (χ2n) is 10.7. The Morgan fingerprint density at radius 2 is 1.74 bits per heavy atom. The third-order valence-corrected chi connectivity index (χ3v) is 8.17. The SMILES string of the molecule is Bc1ccc(/C=C/c2ccc(O)c3c2C[C@H]2C[C@H]4C(N(C)C)C(O)=C(C(N)=O)C(=O)[C@@]4(O)C(O)=C2C3=O)cc1. The van der Waals surface area contributed by atoms with Crippen LogP contribution in [0.5, 0.6) is 5.75 Å². The number of phenols is 1. The minimum absolute atomic E-state index is 0.0122. The molecule has 0 saturated carbocycles. The zero-order valence-electron chi connectivity index (χ0n) is 21.8. The van der Waals surface area contributed by atoms with Crippen molar-refractivity contribution in [2.45, 2.75) is 24.5 Å². The molecule has 3 aliphatic carbocycles. The van der Waals surface area contributed by atoms with Crippen LogP contribution in [0.2, 0.25) is 0 Å². The van der Waals surface area contributed by atoms with Crippen LogP contribution >= 0.6 is 0 Å². The molecule has 0 aliphatic heterocycles. The summed E-state index contributed by atoms with van der Waals surface area (Å²) in [5.74, 6) is -6.64. The highest BCUT2D eigenvalue weighted by molar-refractivity contribution is 6.32. The topological polar surface area (TPSA) is 161 Å². The third kappa shape index (κ3) is 3.90. The standard InChI is InChI=1S/C29H29BN2O7/c1-32(2)23-18-12-15-11-17-14(6-3-13-4-8-16(30)9-5-13)7-10-19(33)21(17)24(34)20(15)26(36)29(18,39)27(37)22(25(23)35)28(31)38/h3-10,15,18,23,33,35-36,39H,11-12,30H2,1-2H3,(H2,31,38)/b6-3+/t15-,18-,23?,29-/m0/s1. The number of nitrogens with two attached hydrogens (primary N) is 1. The first-order valence-electron chi connectivity index (χ1n) is 12.6. The number of rotatable bonds is 4. The molecule has 4 atom stereocenters. The predicted molar refractivity (Wildman–Crippen MR) is 147 cm³/mol. The zero-order valence-corrected chi connectivity index (χ0v) is 21.8. The summed E-state index contributed by atoms with van der Waals surface area (Å²) in [6.07, 6.45) is 4.03. The van der Waals surface area contributed by atoms with Crippen molar-refractivity contribution in [3.8, 4) is 5.75 Å². The summed E-state index contributed by atoms with van der Waals surface area (Å²) in [4.78, 5) is 40.7. The van der Waals surface area contributed by atoms with E-state index < -0.39 is 58.0 Å². The van der Waals surface area contributed by atoms with Crippen LogP contribution in [-0.4, -0.2) is 76.4 Å². The molecule has 10 heteroatoms. The summed E-state index contributed by atoms with van der Waals surface area (Å²) in [5, 5.41) is 44.6. The van der Waals surface area contributed by atoms with Crippen LogP contribution in [-0.2, 0) is 16.0 Å². The van der Waals surface area contributed by atoms with E-state index in [1.54, 1.807) is 20.2 Å². The van der Waals surface area contributed by atoms with Crippen LogP contribution in [0.4, 0.5) is 0 Å². The van der Waals surface area contributed by atoms with Gasteiger partial charge in [0.15, 0.2) is 11.4 Å². The van der Waals surface area contributed by atoms with E-state index in [2.05, 4.69) is 0 Å². The average molecular weight is 528 g/mol. The van der Waals surface area contributed by atoms with Crippen LogP contribution < -0.4 is 11.2 Å². The van der Waals surface area contributed by atoms with Crippen molar-refractivity contribution in [1.82, 2.24) is 4.90 Å². The molecular weight excluding hydrogens is 499 g/mol. The maximum absolute atomic E-state index is 13.8. The van der Waals surface area contributed by atoms with Crippen LogP contribution in [0.15, 0.2) is 59.1 Å². The van der Waals surface area contributed by atoms with Crippen molar-refractivity contribution in [3.63, 3.8) is 0 Å². The molecule has 5 rings (SSSR count). The Morgan fingerprint density at radius 1 is 1.08 bits per heavy atom. The van der Waals surface area contributed by atoms with Gasteiger partial charge in [-0.2, -0.15) is 0 Å². The molecule has 1 amide bonds. The van der Waals surface area contributed by atoms with E-state index in [0.29, 0.717) is 11.1 Å². The number of benzene rings is 2. The number of carbonyl (C=O) groups excluding carboxylic acids is 3. The highest BCUT2D eigenvalue weighted by atomic mass is 16.3. The summed E-state index contributed by atoms with van der Waals surface area (Å²) in [5.41, 5.74) is 5.06. The molecule has 3 aliphatic rings. The number of primary amides is 1. The number of aliphatic hydroxyl groups is 3. The van der Waals surface area contributed by atoms with E-state index in [1.165, 1.54) is 11.0 Å². The van der Waals surface area contributed by atoms with E-state index in [9.17, 15) is 34.8 Å². The van der Waals surface area contributed by atoms with E-state index in [4.69, 9.17) is 5.73 Å². The van der Waals surface area contributed by atoms with Crippen molar-refractivity contribution in [2.75, 3.05) is 14.1 Å². The number of likely N-dealkylation sites (N-methyl/N-ethyl adjacent to an activating group) is 1. The molecule has 0 saturated heterocycles. The summed E-state index contributed by atoms with van der Waals surface area (Å²) in [6.45, 7) is 0. The van der Waals surface area contributed by atoms with Crippen LogP contribution in [0.3, 0.4) is 0 Å². The number of allylic oxidation sites excluding steroid dienone is 1. The van der Waals surface area contributed by atoms with Gasteiger partial charge in [-0.05, 0) is 55.6 Å². The van der Waals surface area contributed by atoms with E-state index in [1.807, 2.05) is 44.3 Å². The summed E-state index contributed by atoms with van der Waals surface area (Å²) < 4.78 is 0. The van der Waals surface area contributed by atoms with Gasteiger partial charge in [0.25, 0.3) is 5.91 Å². The number of amides is 1. The van der Waals surface area contributed by atoms with Crippen molar-refractivity contribution in [2.24, 2.45) is 17.6 Å². The lowest BCUT2D eigenvalue weighted by molar-refractivity contribution is -0.148. The van der Waals surface area contributed by atoms with Gasteiger partial charge in [-0.15, -0.1) is 0 Å². The molecule has 0 spiro atoms. The monoisotopic (exact) mass is 528 g/mol. The number of ketones is 2. The fourth-order valence-electron chi connectivity index (χ4n) is 6.29. The molecule has 0 heterocycles. The van der Waals surface area contributed by atoms with E-state index in [-0.39, 0.29) is 29.7 Å². The molecule has 9 nitrogen and oxygen atoms in total. The molecule has 2 aromatic rings. The molecule has 6 N–H and O–H groups in total. The maximum atomic E-state index is 13.8. The summed E-state index contributed by atoms with van der Waals surface area (Å²) in [7, 11) is 5.19. The molecule has 0 fully saturated rings. The van der Waals surface area contributed by atoms with Gasteiger partial charge in [-0.3, -0.25) is 19.3 Å². The number of hydrogen-bond acceptors (Lipinski definition) is 8. The molecule has 0 bridgehead atoms. The maximum Gasteiger partial charge on any atom is 0.255 e. The molecule has 39 heavy (non-hydrogen) atoms. The largest absolute Gasteiger partial charge is 0.510 e. The van der Waals surface area contributed by atoms with Gasteiger partial charge in [-0.25, -0.2) is 0 Å². The first-order valence-corrected chi connectivity index (χ1v) is 12.6. The highest BCUT2D eigenvalue weighted by Crippen LogP contribution is 2.52. The second kappa shape index (κ2) is 9.25. The van der Waals surface area contributed by atoms with Crippen molar-refractivity contribution in [3.05, 3.63) is 81.3 Å². The van der Waals surface area contributed by atoms with Crippen molar-refractivity contribution in [1.29, 1.82) is 0 Å². The van der Waals surface area contributed by atoms with Crippen molar-refractivity contribution < 1.29 is 34.8 Å². The Kier molecular flexibility index (Phi) is 6.28. The first kappa shape index (κ1) is 26.5. The van der Waals surface area contributed by atoms with Gasteiger partial charge < -0.3 is 26.2 Å². The number of Topliss-reactive ketones (excluding diaryl/α,β-unsaturated/α-hetero) is 2. The van der Waals surface area contributed by atoms with Gasteiger partial charge in [0.2, 0.25) is 5.78 Å². The van der Waals surface area contributed by atoms with Gasteiger partial charge in [0.1, 0.15) is 30.7 Å². The fourth-order valence-corrected chi connectivity index (χ4v) is 6.29. The third-order valence-electron chi connectivity index (χ3n) is 8.17. The van der Waals surface area contributed by atoms with Gasteiger partial charge in [0.05, 0.1) is 11.6 Å². The number of aliphatic hydroxyl groups excluding tert-OH is 2. The molecule has 0 radical (unpaired) electrons. The number of aromatic hydroxyl groups is 1. The smallest absolute Gasteiger partial charge is 0.255 e. The van der Waals surface area contributed by atoms with Crippen LogP contribution in [0, 0.1) is 11.8 Å². The number of nitrogens with zero attached hydrogens (tertiary/aromatic N) is 1. The normalized spacial score (nSPS) is 26.6. The summed E-state index contributed by atoms with van der Waals surface area (Å²) in [6, 6.07) is 9.97. The minimum Gasteiger partial charge on any atom is -0.510 e. The van der Waals surface area contributed by atoms with Crippen LogP contribution in [0.1, 0.15) is 33.5 Å².